The maximum Gasteiger partial charge on any atom is 0.328 e. The number of carboxylic acid groups (broad SMARTS) is 1. The molecule has 0 saturated heterocycles. The number of hydrogen-bond acceptors (Lipinski definition) is 4. The summed E-state index contributed by atoms with van der Waals surface area (Å²) in [7, 11) is 0. The second-order valence-corrected chi connectivity index (χ2v) is 6.64. The van der Waals surface area contributed by atoms with Gasteiger partial charge in [-0.25, -0.2) is 14.5 Å². The molecule has 26 heavy (non-hydrogen) atoms. The topological polar surface area (TPSA) is 80.9 Å². The number of rotatable bonds is 5. The summed E-state index contributed by atoms with van der Waals surface area (Å²) in [6.45, 7) is 6.74. The van der Waals surface area contributed by atoms with Crippen molar-refractivity contribution in [2.24, 2.45) is 0 Å². The van der Waals surface area contributed by atoms with Gasteiger partial charge >= 0.3 is 5.97 Å². The Balaban J connectivity index is 2.45. The van der Waals surface area contributed by atoms with Crippen molar-refractivity contribution >= 4 is 34.7 Å². The third-order valence-corrected chi connectivity index (χ3v) is 4.29. The fourth-order valence-electron chi connectivity index (χ4n) is 2.98. The molecule has 0 fully saturated rings. The number of aromatic nitrogens is 4. The Hall–Kier alpha value is -2.73. The van der Waals surface area contributed by atoms with Crippen LogP contribution in [0.15, 0.2) is 30.7 Å². The molecule has 134 valence electrons. The van der Waals surface area contributed by atoms with Gasteiger partial charge in [-0.3, -0.25) is 4.98 Å². The van der Waals surface area contributed by atoms with Gasteiger partial charge in [0.05, 0.1) is 16.9 Å². The van der Waals surface area contributed by atoms with Gasteiger partial charge in [0, 0.05) is 47.1 Å². The Morgan fingerprint density at radius 3 is 2.73 bits per heavy atom. The van der Waals surface area contributed by atoms with Crippen molar-refractivity contribution in [1.29, 1.82) is 0 Å². The molecule has 0 bridgehead atoms. The maximum absolute atomic E-state index is 11.1. The summed E-state index contributed by atoms with van der Waals surface area (Å²) in [6, 6.07) is 1.81. The van der Waals surface area contributed by atoms with E-state index in [0.29, 0.717) is 11.6 Å². The fraction of sp³-hybridized carbons (Fsp3) is 0.263. The van der Waals surface area contributed by atoms with Gasteiger partial charge in [0.2, 0.25) is 0 Å². The third-order valence-electron chi connectivity index (χ3n) is 4.09. The molecule has 0 aliphatic rings. The lowest BCUT2D eigenvalue weighted by molar-refractivity contribution is -0.131. The van der Waals surface area contributed by atoms with E-state index >= 15 is 0 Å². The second-order valence-electron chi connectivity index (χ2n) is 6.20. The molecule has 0 aliphatic heterocycles. The minimum Gasteiger partial charge on any atom is -0.478 e. The van der Waals surface area contributed by atoms with E-state index in [1.54, 1.807) is 24.7 Å². The van der Waals surface area contributed by atoms with Crippen LogP contribution < -0.4 is 0 Å². The Morgan fingerprint density at radius 1 is 1.35 bits per heavy atom. The van der Waals surface area contributed by atoms with Crippen molar-refractivity contribution in [3.63, 3.8) is 0 Å². The average Bonchev–Trinajstić information content (AvgIpc) is 3.01. The first-order chi connectivity index (χ1) is 12.4. The molecule has 3 aromatic heterocycles. The van der Waals surface area contributed by atoms with E-state index in [1.807, 2.05) is 31.5 Å². The van der Waals surface area contributed by atoms with Crippen molar-refractivity contribution in [1.82, 2.24) is 19.7 Å². The highest BCUT2D eigenvalue weighted by atomic mass is 35.5. The first-order valence-corrected chi connectivity index (χ1v) is 8.71. The highest BCUT2D eigenvalue weighted by molar-refractivity contribution is 6.30. The smallest absolute Gasteiger partial charge is 0.328 e. The first-order valence-electron chi connectivity index (χ1n) is 8.33. The molecular weight excluding hydrogens is 352 g/mol. The molecule has 6 nitrogen and oxygen atoms in total. The normalized spacial score (nSPS) is 11.7. The number of pyridine rings is 2. The van der Waals surface area contributed by atoms with E-state index in [-0.39, 0.29) is 5.92 Å². The van der Waals surface area contributed by atoms with Crippen LogP contribution in [0.25, 0.3) is 28.2 Å². The summed E-state index contributed by atoms with van der Waals surface area (Å²) in [5.41, 5.74) is 3.95. The zero-order valence-corrected chi connectivity index (χ0v) is 15.5. The monoisotopic (exact) mass is 370 g/mol. The van der Waals surface area contributed by atoms with E-state index < -0.39 is 5.97 Å². The van der Waals surface area contributed by atoms with Crippen molar-refractivity contribution in [3.05, 3.63) is 47.0 Å². The minimum absolute atomic E-state index is 0.0962. The highest BCUT2D eigenvalue weighted by Crippen LogP contribution is 2.36. The molecule has 1 N–H and O–H groups in total. The van der Waals surface area contributed by atoms with Crippen LogP contribution in [0.1, 0.15) is 37.9 Å². The molecular formula is C19H19ClN4O2. The molecule has 7 heteroatoms. The molecule has 0 amide bonds. The zero-order chi connectivity index (χ0) is 18.8. The summed E-state index contributed by atoms with van der Waals surface area (Å²) in [6.07, 6.45) is 7.75. The molecule has 0 aromatic carbocycles. The van der Waals surface area contributed by atoms with Crippen molar-refractivity contribution in [3.8, 4) is 11.1 Å². The number of carbonyl (C=O) groups is 1. The standard InChI is InChI=1S/C19H19ClN4O2/c1-4-24-19-15(10-22-24)17(12-7-13(20)9-21-8-12)14(5-6-16(25)26)18(23-19)11(2)3/h5-11H,4H2,1-3H3,(H,25,26). The van der Waals surface area contributed by atoms with Crippen LogP contribution in [0, 0.1) is 0 Å². The molecule has 0 aliphatic carbocycles. The molecule has 3 aromatic rings. The Kier molecular flexibility index (Phi) is 5.04. The first kappa shape index (κ1) is 18.1. The van der Waals surface area contributed by atoms with Gasteiger partial charge in [-0.05, 0) is 25.0 Å². The van der Waals surface area contributed by atoms with Crippen LogP contribution >= 0.6 is 11.6 Å². The predicted molar refractivity (Wildman–Crippen MR) is 102 cm³/mol. The van der Waals surface area contributed by atoms with Crippen LogP contribution in [-0.2, 0) is 11.3 Å². The van der Waals surface area contributed by atoms with Crippen molar-refractivity contribution in [2.45, 2.75) is 33.2 Å². The fourth-order valence-corrected chi connectivity index (χ4v) is 3.15. The molecule has 0 atom stereocenters. The Morgan fingerprint density at radius 2 is 2.12 bits per heavy atom. The lowest BCUT2D eigenvalue weighted by atomic mass is 9.93. The Labute approximate surface area is 156 Å². The van der Waals surface area contributed by atoms with E-state index in [2.05, 4.69) is 10.1 Å². The van der Waals surface area contributed by atoms with Gasteiger partial charge in [0.15, 0.2) is 5.65 Å². The third kappa shape index (κ3) is 3.32. The predicted octanol–water partition coefficient (Wildman–Crippen LogP) is 4.39. The van der Waals surface area contributed by atoms with Crippen LogP contribution in [0.5, 0.6) is 0 Å². The number of hydrogen-bond donors (Lipinski definition) is 1. The van der Waals surface area contributed by atoms with Gasteiger partial charge in [0.25, 0.3) is 0 Å². The molecule has 0 saturated carbocycles. The molecule has 3 rings (SSSR count). The summed E-state index contributed by atoms with van der Waals surface area (Å²) in [4.78, 5) is 20.1. The zero-order valence-electron chi connectivity index (χ0n) is 14.8. The summed E-state index contributed by atoms with van der Waals surface area (Å²) in [5.74, 6) is -0.918. The van der Waals surface area contributed by atoms with Gasteiger partial charge in [-0.15, -0.1) is 0 Å². The number of fused-ring (bicyclic) bond motifs is 1. The molecule has 0 spiro atoms. The lowest BCUT2D eigenvalue weighted by Crippen LogP contribution is -2.04. The van der Waals surface area contributed by atoms with Crippen molar-refractivity contribution in [2.75, 3.05) is 0 Å². The van der Waals surface area contributed by atoms with Gasteiger partial charge in [-0.2, -0.15) is 5.10 Å². The number of nitrogens with zero attached hydrogens (tertiary/aromatic N) is 4. The average molecular weight is 371 g/mol. The maximum atomic E-state index is 11.1. The minimum atomic E-state index is -1.01. The number of aryl methyl sites for hydroxylation is 1. The second kappa shape index (κ2) is 7.25. The molecule has 0 unspecified atom stereocenters. The summed E-state index contributed by atoms with van der Waals surface area (Å²) < 4.78 is 1.83. The molecule has 3 heterocycles. The number of carboxylic acids is 1. The number of halogens is 1. The lowest BCUT2D eigenvalue weighted by Gasteiger charge is -2.16. The van der Waals surface area contributed by atoms with Crippen LogP contribution in [0.2, 0.25) is 5.02 Å². The quantitative estimate of drug-likeness (QED) is 0.673. The van der Waals surface area contributed by atoms with E-state index in [0.717, 1.165) is 39.5 Å². The highest BCUT2D eigenvalue weighted by Gasteiger charge is 2.20. The van der Waals surface area contributed by atoms with E-state index in [1.165, 1.54) is 0 Å². The van der Waals surface area contributed by atoms with Crippen molar-refractivity contribution < 1.29 is 9.90 Å². The SMILES string of the molecule is CCn1ncc2c(-c3cncc(Cl)c3)c(C=CC(=O)O)c(C(C)C)nc21. The molecule has 0 radical (unpaired) electrons. The number of aliphatic carboxylic acids is 1. The Bertz CT molecular complexity index is 1010. The largest absolute Gasteiger partial charge is 0.478 e. The summed E-state index contributed by atoms with van der Waals surface area (Å²) in [5, 5.41) is 14.9. The van der Waals surface area contributed by atoms with Crippen LogP contribution in [0.4, 0.5) is 0 Å². The summed E-state index contributed by atoms with van der Waals surface area (Å²) >= 11 is 6.15. The van der Waals surface area contributed by atoms with Gasteiger partial charge < -0.3 is 5.11 Å². The van der Waals surface area contributed by atoms with Crippen LogP contribution in [-0.4, -0.2) is 30.8 Å². The van der Waals surface area contributed by atoms with Gasteiger partial charge in [-0.1, -0.05) is 25.4 Å². The van der Waals surface area contributed by atoms with E-state index in [4.69, 9.17) is 21.7 Å². The van der Waals surface area contributed by atoms with E-state index in [9.17, 15) is 4.79 Å². The van der Waals surface area contributed by atoms with Gasteiger partial charge in [0.1, 0.15) is 0 Å². The van der Waals surface area contributed by atoms with Crippen LogP contribution in [0.3, 0.4) is 0 Å².